The van der Waals surface area contributed by atoms with E-state index in [1.54, 1.807) is 0 Å². The van der Waals surface area contributed by atoms with Crippen LogP contribution in [0.15, 0.2) is 0 Å². The number of hydrogen-bond donors (Lipinski definition) is 2. The molecule has 4 nitrogen and oxygen atoms in total. The van der Waals surface area contributed by atoms with Crippen molar-refractivity contribution in [1.29, 1.82) is 0 Å². The first-order valence-corrected chi connectivity index (χ1v) is 7.41. The summed E-state index contributed by atoms with van der Waals surface area (Å²) in [5.41, 5.74) is 0. The van der Waals surface area contributed by atoms with Gasteiger partial charge in [-0.3, -0.25) is 4.79 Å². The molecule has 1 amide bonds. The molecule has 1 aliphatic carbocycles. The highest BCUT2D eigenvalue weighted by Gasteiger charge is 2.26. The van der Waals surface area contributed by atoms with Crippen LogP contribution in [0.25, 0.3) is 0 Å². The van der Waals surface area contributed by atoms with Crippen molar-refractivity contribution in [2.75, 3.05) is 19.8 Å². The zero-order chi connectivity index (χ0) is 12.8. The molecule has 1 heterocycles. The number of carbonyl (C=O) groups excluding carboxylic acids is 1. The maximum Gasteiger partial charge on any atom is 0.239 e. The van der Waals surface area contributed by atoms with E-state index in [1.807, 2.05) is 0 Å². The predicted octanol–water partition coefficient (Wildman–Crippen LogP) is 1.45. The van der Waals surface area contributed by atoms with Crippen LogP contribution in [0.5, 0.6) is 0 Å². The molecule has 1 saturated carbocycles. The van der Waals surface area contributed by atoms with Crippen molar-refractivity contribution in [2.45, 2.75) is 57.5 Å². The maximum atomic E-state index is 12.0. The predicted molar refractivity (Wildman–Crippen MR) is 71.4 cm³/mol. The summed E-state index contributed by atoms with van der Waals surface area (Å²) in [6.45, 7) is 4.26. The minimum absolute atomic E-state index is 0.119. The quantitative estimate of drug-likeness (QED) is 0.798. The number of hydrogen-bond acceptors (Lipinski definition) is 3. The second kappa shape index (κ2) is 7.10. The molecule has 104 valence electrons. The van der Waals surface area contributed by atoms with Crippen LogP contribution in [0.1, 0.15) is 45.4 Å². The van der Waals surface area contributed by atoms with E-state index in [2.05, 4.69) is 17.6 Å². The SMILES string of the molecule is CCCC1CCC(NC(=O)C2COCCN2)CC1. The summed E-state index contributed by atoms with van der Waals surface area (Å²) in [5, 5.41) is 6.37. The van der Waals surface area contributed by atoms with Gasteiger partial charge in [-0.15, -0.1) is 0 Å². The molecule has 1 aliphatic heterocycles. The smallest absolute Gasteiger partial charge is 0.239 e. The Morgan fingerprint density at radius 3 is 2.72 bits per heavy atom. The van der Waals surface area contributed by atoms with Crippen LogP contribution in [0, 0.1) is 5.92 Å². The topological polar surface area (TPSA) is 50.4 Å². The Kier molecular flexibility index (Phi) is 5.45. The fraction of sp³-hybridized carbons (Fsp3) is 0.929. The highest BCUT2D eigenvalue weighted by atomic mass is 16.5. The molecule has 2 aliphatic rings. The Labute approximate surface area is 110 Å². The van der Waals surface area contributed by atoms with E-state index in [9.17, 15) is 4.79 Å². The van der Waals surface area contributed by atoms with Gasteiger partial charge in [0.2, 0.25) is 5.91 Å². The Morgan fingerprint density at radius 1 is 1.33 bits per heavy atom. The van der Waals surface area contributed by atoms with Crippen molar-refractivity contribution in [3.8, 4) is 0 Å². The molecule has 18 heavy (non-hydrogen) atoms. The van der Waals surface area contributed by atoms with E-state index in [0.29, 0.717) is 19.3 Å². The van der Waals surface area contributed by atoms with Gasteiger partial charge in [-0.2, -0.15) is 0 Å². The van der Waals surface area contributed by atoms with Crippen LogP contribution in [-0.4, -0.2) is 37.7 Å². The van der Waals surface area contributed by atoms with E-state index in [-0.39, 0.29) is 11.9 Å². The molecule has 0 aromatic rings. The molecule has 2 N–H and O–H groups in total. The molecule has 0 bridgehead atoms. The lowest BCUT2D eigenvalue weighted by Crippen LogP contribution is -2.53. The number of carbonyl (C=O) groups is 1. The molecule has 0 spiro atoms. The van der Waals surface area contributed by atoms with Crippen LogP contribution in [0.4, 0.5) is 0 Å². The summed E-state index contributed by atoms with van der Waals surface area (Å²) < 4.78 is 5.32. The third-order valence-corrected chi connectivity index (χ3v) is 4.13. The summed E-state index contributed by atoms with van der Waals surface area (Å²) in [6, 6.07) is 0.237. The number of amides is 1. The van der Waals surface area contributed by atoms with Gasteiger partial charge in [0.05, 0.1) is 13.2 Å². The maximum absolute atomic E-state index is 12.0. The Balaban J connectivity index is 1.68. The fourth-order valence-electron chi connectivity index (χ4n) is 3.04. The van der Waals surface area contributed by atoms with Gasteiger partial charge in [0.15, 0.2) is 0 Å². The number of nitrogens with one attached hydrogen (secondary N) is 2. The molecule has 1 unspecified atom stereocenters. The van der Waals surface area contributed by atoms with Gasteiger partial charge in [-0.1, -0.05) is 19.8 Å². The molecule has 2 rings (SSSR count). The average Bonchev–Trinajstić information content (AvgIpc) is 2.42. The largest absolute Gasteiger partial charge is 0.378 e. The fourth-order valence-corrected chi connectivity index (χ4v) is 3.04. The molecule has 1 saturated heterocycles. The summed E-state index contributed by atoms with van der Waals surface area (Å²) in [6.07, 6.45) is 7.46. The Morgan fingerprint density at radius 2 is 2.11 bits per heavy atom. The first-order valence-electron chi connectivity index (χ1n) is 7.41. The molecule has 0 aromatic heterocycles. The van der Waals surface area contributed by atoms with E-state index in [0.717, 1.165) is 25.3 Å². The summed E-state index contributed by atoms with van der Waals surface area (Å²) in [7, 11) is 0. The van der Waals surface area contributed by atoms with Gasteiger partial charge in [0, 0.05) is 12.6 Å². The van der Waals surface area contributed by atoms with Gasteiger partial charge in [0.25, 0.3) is 0 Å². The summed E-state index contributed by atoms with van der Waals surface area (Å²) in [5.74, 6) is 1.01. The lowest BCUT2D eigenvalue weighted by Gasteiger charge is -2.31. The minimum Gasteiger partial charge on any atom is -0.378 e. The third kappa shape index (κ3) is 3.95. The molecule has 2 fully saturated rings. The second-order valence-electron chi connectivity index (χ2n) is 5.60. The van der Waals surface area contributed by atoms with Gasteiger partial charge >= 0.3 is 0 Å². The van der Waals surface area contributed by atoms with Gasteiger partial charge in [-0.25, -0.2) is 0 Å². The van der Waals surface area contributed by atoms with E-state index in [1.165, 1.54) is 25.7 Å². The van der Waals surface area contributed by atoms with Crippen molar-refractivity contribution < 1.29 is 9.53 Å². The van der Waals surface area contributed by atoms with Crippen LogP contribution < -0.4 is 10.6 Å². The van der Waals surface area contributed by atoms with Crippen molar-refractivity contribution in [3.63, 3.8) is 0 Å². The normalized spacial score (nSPS) is 33.1. The zero-order valence-corrected chi connectivity index (χ0v) is 11.4. The highest BCUT2D eigenvalue weighted by Crippen LogP contribution is 2.27. The second-order valence-corrected chi connectivity index (χ2v) is 5.60. The van der Waals surface area contributed by atoms with Crippen LogP contribution in [0.2, 0.25) is 0 Å². The van der Waals surface area contributed by atoms with Gasteiger partial charge in [0.1, 0.15) is 6.04 Å². The van der Waals surface area contributed by atoms with Crippen LogP contribution in [0.3, 0.4) is 0 Å². The minimum atomic E-state index is -0.146. The van der Waals surface area contributed by atoms with Crippen molar-refractivity contribution in [3.05, 3.63) is 0 Å². The van der Waals surface area contributed by atoms with Gasteiger partial charge in [-0.05, 0) is 31.6 Å². The molecule has 0 radical (unpaired) electrons. The first-order chi connectivity index (χ1) is 8.79. The average molecular weight is 254 g/mol. The Bertz CT molecular complexity index is 257. The molecule has 4 heteroatoms. The van der Waals surface area contributed by atoms with Crippen molar-refractivity contribution in [2.24, 2.45) is 5.92 Å². The molecular formula is C14H26N2O2. The summed E-state index contributed by atoms with van der Waals surface area (Å²) >= 11 is 0. The van der Waals surface area contributed by atoms with E-state index in [4.69, 9.17) is 4.74 Å². The highest BCUT2D eigenvalue weighted by molar-refractivity contribution is 5.82. The molecule has 0 aromatic carbocycles. The molecule has 1 atom stereocenters. The third-order valence-electron chi connectivity index (χ3n) is 4.13. The lowest BCUT2D eigenvalue weighted by molar-refractivity contribution is -0.126. The Hall–Kier alpha value is -0.610. The van der Waals surface area contributed by atoms with E-state index >= 15 is 0 Å². The molecular weight excluding hydrogens is 228 g/mol. The van der Waals surface area contributed by atoms with E-state index < -0.39 is 0 Å². The summed E-state index contributed by atoms with van der Waals surface area (Å²) in [4.78, 5) is 12.0. The van der Waals surface area contributed by atoms with Gasteiger partial charge < -0.3 is 15.4 Å². The first kappa shape index (κ1) is 13.8. The number of rotatable bonds is 4. The zero-order valence-electron chi connectivity index (χ0n) is 11.4. The van der Waals surface area contributed by atoms with Crippen molar-refractivity contribution >= 4 is 5.91 Å². The van der Waals surface area contributed by atoms with Crippen LogP contribution >= 0.6 is 0 Å². The lowest BCUT2D eigenvalue weighted by atomic mass is 9.83. The standard InChI is InChI=1S/C14H26N2O2/c1-2-3-11-4-6-12(7-5-11)16-14(17)13-10-18-9-8-15-13/h11-13,15H,2-10H2,1H3,(H,16,17). The monoisotopic (exact) mass is 254 g/mol. The number of ether oxygens (including phenoxy) is 1. The number of morpholine rings is 1. The van der Waals surface area contributed by atoms with Crippen molar-refractivity contribution in [1.82, 2.24) is 10.6 Å². The van der Waals surface area contributed by atoms with Crippen LogP contribution in [-0.2, 0) is 9.53 Å².